The van der Waals surface area contributed by atoms with E-state index in [9.17, 15) is 32.4 Å². The van der Waals surface area contributed by atoms with Crippen LogP contribution in [-0.2, 0) is 43.3 Å². The van der Waals surface area contributed by atoms with Crippen molar-refractivity contribution >= 4 is 51.3 Å². The number of ether oxygens (including phenoxy) is 2. The number of esters is 2. The van der Waals surface area contributed by atoms with Gasteiger partial charge in [-0.05, 0) is 33.3 Å². The Labute approximate surface area is 235 Å². The lowest BCUT2D eigenvalue weighted by molar-refractivity contribution is -0.181. The van der Waals surface area contributed by atoms with E-state index in [4.69, 9.17) is 15.2 Å². The summed E-state index contributed by atoms with van der Waals surface area (Å²) < 4.78 is 34.7. The predicted molar refractivity (Wildman–Crippen MR) is 140 cm³/mol. The van der Waals surface area contributed by atoms with Crippen LogP contribution in [0.4, 0.5) is 0 Å². The van der Waals surface area contributed by atoms with Crippen LogP contribution in [0, 0.1) is 0 Å². The Morgan fingerprint density at radius 2 is 1.65 bits per heavy atom. The van der Waals surface area contributed by atoms with Crippen molar-refractivity contribution in [3.8, 4) is 0 Å². The van der Waals surface area contributed by atoms with Gasteiger partial charge in [-0.15, -0.1) is 11.8 Å². The zero-order valence-corrected chi connectivity index (χ0v) is 23.9. The minimum atomic E-state index is -4.17. The second kappa shape index (κ2) is 9.45. The van der Waals surface area contributed by atoms with Gasteiger partial charge in [-0.1, -0.05) is 30.3 Å². The Kier molecular flexibility index (Phi) is 6.70. The smallest absolute Gasteiger partial charge is 0.333 e. The van der Waals surface area contributed by atoms with E-state index in [2.05, 4.69) is 5.32 Å². The normalized spacial score (nSPS) is 31.3. The molecule has 4 aliphatic heterocycles. The molecule has 5 rings (SSSR count). The molecule has 4 fully saturated rings. The molecule has 0 saturated carbocycles. The molecule has 0 aromatic heterocycles. The van der Waals surface area contributed by atoms with Gasteiger partial charge < -0.3 is 30.3 Å². The number of thioether (sulfide) groups is 1. The van der Waals surface area contributed by atoms with Gasteiger partial charge in [0.25, 0.3) is 0 Å². The number of benzene rings is 1. The van der Waals surface area contributed by atoms with E-state index in [1.807, 2.05) is 13.8 Å². The Bertz CT molecular complexity index is 1400. The lowest BCUT2D eigenvalue weighted by atomic mass is 9.95. The molecule has 0 aliphatic carbocycles. The lowest BCUT2D eigenvalue weighted by Crippen LogP contribution is -2.72. The van der Waals surface area contributed by atoms with Gasteiger partial charge in [0.15, 0.2) is 15.2 Å². The zero-order chi connectivity index (χ0) is 29.4. The second-order valence-electron chi connectivity index (χ2n) is 11.2. The Morgan fingerprint density at radius 3 is 2.25 bits per heavy atom. The third-order valence-corrected chi connectivity index (χ3v) is 12.3. The molecule has 0 unspecified atom stereocenters. The number of hydrogen-bond acceptors (Lipinski definition) is 11. The molecule has 0 radical (unpaired) electrons. The van der Waals surface area contributed by atoms with E-state index in [0.717, 1.165) is 4.90 Å². The molecule has 1 aromatic carbocycles. The Balaban J connectivity index is 1.24. The van der Waals surface area contributed by atoms with Crippen LogP contribution < -0.4 is 11.1 Å². The van der Waals surface area contributed by atoms with Gasteiger partial charge in [-0.25, -0.2) is 18.0 Å². The van der Waals surface area contributed by atoms with E-state index in [1.54, 1.807) is 30.3 Å². The number of sulfone groups is 1. The molecule has 4 saturated heterocycles. The van der Waals surface area contributed by atoms with Gasteiger partial charge in [0.05, 0.1) is 11.8 Å². The summed E-state index contributed by atoms with van der Waals surface area (Å²) in [6, 6.07) is 3.40. The highest BCUT2D eigenvalue weighted by Crippen LogP contribution is 2.51. The fraction of sp³-hybridized carbons (Fsp3) is 0.560. The summed E-state index contributed by atoms with van der Waals surface area (Å²) in [5.41, 5.74) is 6.46. The maximum Gasteiger partial charge on any atom is 0.333 e. The van der Waals surface area contributed by atoms with Gasteiger partial charge in [0.1, 0.15) is 28.9 Å². The largest absolute Gasteiger partial charge is 0.426 e. The second-order valence-corrected chi connectivity index (χ2v) is 15.6. The van der Waals surface area contributed by atoms with Gasteiger partial charge in [-0.2, -0.15) is 0 Å². The molecule has 0 spiro atoms. The van der Waals surface area contributed by atoms with Crippen molar-refractivity contribution in [1.29, 1.82) is 0 Å². The van der Waals surface area contributed by atoms with E-state index in [1.165, 1.54) is 30.5 Å². The summed E-state index contributed by atoms with van der Waals surface area (Å²) in [6.45, 7) is 5.37. The standard InChI is InChI=1S/C25H30N4O9S2/c1-24(2)17(28-13(30)10-14(28)39-24)22(33)37-11-38-23(34)18-25(3,4)40(35,36)21-16(20(32)29(18)21)27-19(31)15(26)12-8-6-5-7-9-12/h5-9,14-18,21H,10-11,26H2,1-4H3,(H,27,31)/t14-,15-,16-,17+,18+,21-/m1/s1. The van der Waals surface area contributed by atoms with Crippen LogP contribution in [0.2, 0.25) is 0 Å². The minimum absolute atomic E-state index is 0.114. The highest BCUT2D eigenvalue weighted by molar-refractivity contribution is 8.01. The number of carbonyl (C=O) groups excluding carboxylic acids is 5. The van der Waals surface area contributed by atoms with Crippen molar-refractivity contribution in [3.63, 3.8) is 0 Å². The van der Waals surface area contributed by atoms with E-state index in [0.29, 0.717) is 12.0 Å². The van der Waals surface area contributed by atoms with Gasteiger partial charge in [-0.3, -0.25) is 14.4 Å². The van der Waals surface area contributed by atoms with Crippen molar-refractivity contribution in [2.75, 3.05) is 6.79 Å². The SMILES string of the molecule is CC1(C)S[C@@H]2CC(=O)N2[C@H]1C(=O)OCOC(=O)[C@@H]1N2C(=O)[C@@H](NC(=O)[C@H](N)c3ccccc3)[C@H]2S(=O)(=O)C1(C)C. The Hall–Kier alpha value is -3.17. The Morgan fingerprint density at radius 1 is 1.05 bits per heavy atom. The predicted octanol–water partition coefficient (Wildman–Crippen LogP) is -0.589. The highest BCUT2D eigenvalue weighted by Gasteiger charge is 2.73. The average molecular weight is 595 g/mol. The number of nitrogens with two attached hydrogens (primary N) is 1. The lowest BCUT2D eigenvalue weighted by Gasteiger charge is -2.43. The summed E-state index contributed by atoms with van der Waals surface area (Å²) in [7, 11) is -4.17. The number of carbonyl (C=O) groups is 5. The van der Waals surface area contributed by atoms with Crippen molar-refractivity contribution in [1.82, 2.24) is 15.1 Å². The van der Waals surface area contributed by atoms with Crippen LogP contribution >= 0.6 is 11.8 Å². The maximum absolute atomic E-state index is 13.4. The molecule has 0 bridgehead atoms. The van der Waals surface area contributed by atoms with E-state index < -0.39 is 79.4 Å². The average Bonchev–Trinajstić information content (AvgIpc) is 3.19. The number of rotatable bonds is 7. The molecule has 40 heavy (non-hydrogen) atoms. The monoisotopic (exact) mass is 594 g/mol. The number of hydrogen-bond donors (Lipinski definition) is 2. The van der Waals surface area contributed by atoms with E-state index in [-0.39, 0.29) is 11.3 Å². The van der Waals surface area contributed by atoms with Crippen LogP contribution in [0.1, 0.15) is 45.7 Å². The molecule has 1 aromatic rings. The first-order valence-electron chi connectivity index (χ1n) is 12.6. The summed E-state index contributed by atoms with van der Waals surface area (Å²) in [4.78, 5) is 65.9. The van der Waals surface area contributed by atoms with Gasteiger partial charge in [0.2, 0.25) is 24.5 Å². The number of β-lactam (4-membered cyclic amide) rings is 2. The molecule has 3 amide bonds. The third kappa shape index (κ3) is 4.08. The van der Waals surface area contributed by atoms with Crippen molar-refractivity contribution in [2.45, 2.75) is 78.5 Å². The summed E-state index contributed by atoms with van der Waals surface area (Å²) >= 11 is 1.48. The summed E-state index contributed by atoms with van der Waals surface area (Å²) in [6.07, 6.45) is 0.336. The topological polar surface area (TPSA) is 182 Å². The van der Waals surface area contributed by atoms with Crippen molar-refractivity contribution in [3.05, 3.63) is 35.9 Å². The fourth-order valence-corrected chi connectivity index (χ4v) is 9.57. The number of amides is 3. The number of nitrogens with one attached hydrogen (secondary N) is 1. The first kappa shape index (κ1) is 28.4. The van der Waals surface area contributed by atoms with Crippen LogP contribution in [-0.4, -0.2) is 93.0 Å². The van der Waals surface area contributed by atoms with Crippen LogP contribution in [0.25, 0.3) is 0 Å². The highest BCUT2D eigenvalue weighted by atomic mass is 32.2. The molecule has 15 heteroatoms. The maximum atomic E-state index is 13.4. The molecule has 3 N–H and O–H groups in total. The van der Waals surface area contributed by atoms with Crippen molar-refractivity contribution in [2.24, 2.45) is 5.73 Å². The summed E-state index contributed by atoms with van der Waals surface area (Å²) in [5, 5.41) is 0.806. The molecular formula is C25H30N4O9S2. The minimum Gasteiger partial charge on any atom is -0.426 e. The molecule has 216 valence electrons. The fourth-order valence-electron chi connectivity index (χ4n) is 5.74. The summed E-state index contributed by atoms with van der Waals surface area (Å²) in [5.74, 6) is -3.53. The molecule has 4 aliphatic rings. The third-order valence-electron chi connectivity index (χ3n) is 7.98. The quantitative estimate of drug-likeness (QED) is 0.234. The van der Waals surface area contributed by atoms with Gasteiger partial charge in [0, 0.05) is 4.75 Å². The first-order chi connectivity index (χ1) is 18.6. The van der Waals surface area contributed by atoms with Crippen LogP contribution in [0.15, 0.2) is 30.3 Å². The molecule has 6 atom stereocenters. The van der Waals surface area contributed by atoms with Crippen LogP contribution in [0.3, 0.4) is 0 Å². The number of nitrogens with zero attached hydrogens (tertiary/aromatic N) is 2. The van der Waals surface area contributed by atoms with Crippen LogP contribution in [0.5, 0.6) is 0 Å². The first-order valence-corrected chi connectivity index (χ1v) is 15.0. The zero-order valence-electron chi connectivity index (χ0n) is 22.2. The molecule has 4 heterocycles. The van der Waals surface area contributed by atoms with Gasteiger partial charge >= 0.3 is 11.9 Å². The number of fused-ring (bicyclic) bond motifs is 2. The van der Waals surface area contributed by atoms with Crippen molar-refractivity contribution < 1.29 is 41.9 Å². The molecule has 13 nitrogen and oxygen atoms in total. The van der Waals surface area contributed by atoms with E-state index >= 15 is 0 Å². The molecular weight excluding hydrogens is 564 g/mol.